The Morgan fingerprint density at radius 3 is 2.83 bits per heavy atom. The zero-order valence-corrected chi connectivity index (χ0v) is 12.3. The van der Waals surface area contributed by atoms with Crippen LogP contribution in [0.1, 0.15) is 39.2 Å². The van der Waals surface area contributed by atoms with Gasteiger partial charge in [-0.3, -0.25) is 4.79 Å². The van der Waals surface area contributed by atoms with Crippen molar-refractivity contribution in [1.29, 1.82) is 0 Å². The molecule has 2 atom stereocenters. The van der Waals surface area contributed by atoms with Gasteiger partial charge in [0, 0.05) is 6.04 Å². The standard InChI is InChI=1S/C14H23NO2S/c1-4-6-13(14(16)17-5-2)15-11(3)9-12-7-8-18-10-12/h7-8,10-11,13,15H,4-6,9H2,1-3H3. The lowest BCUT2D eigenvalue weighted by Crippen LogP contribution is -2.43. The van der Waals surface area contributed by atoms with E-state index < -0.39 is 0 Å². The molecule has 0 aliphatic heterocycles. The normalized spacial score (nSPS) is 14.2. The molecule has 1 heterocycles. The van der Waals surface area contributed by atoms with Crippen molar-refractivity contribution in [2.45, 2.75) is 52.1 Å². The molecule has 0 saturated carbocycles. The van der Waals surface area contributed by atoms with Gasteiger partial charge >= 0.3 is 5.97 Å². The van der Waals surface area contributed by atoms with E-state index >= 15 is 0 Å². The number of thiophene rings is 1. The molecule has 0 radical (unpaired) electrons. The molecule has 0 aliphatic carbocycles. The third kappa shape index (κ3) is 5.19. The molecule has 1 aromatic rings. The molecule has 0 bridgehead atoms. The van der Waals surface area contributed by atoms with Gasteiger partial charge in [0.05, 0.1) is 6.61 Å². The summed E-state index contributed by atoms with van der Waals surface area (Å²) in [5.74, 6) is -0.128. The van der Waals surface area contributed by atoms with Gasteiger partial charge in [0.1, 0.15) is 6.04 Å². The summed E-state index contributed by atoms with van der Waals surface area (Å²) in [6, 6.07) is 2.23. The Morgan fingerprint density at radius 2 is 2.28 bits per heavy atom. The van der Waals surface area contributed by atoms with Crippen molar-refractivity contribution in [3.8, 4) is 0 Å². The van der Waals surface area contributed by atoms with E-state index in [-0.39, 0.29) is 18.1 Å². The average molecular weight is 269 g/mol. The van der Waals surface area contributed by atoms with Crippen LogP contribution < -0.4 is 5.32 Å². The van der Waals surface area contributed by atoms with Crippen molar-refractivity contribution in [3.05, 3.63) is 22.4 Å². The highest BCUT2D eigenvalue weighted by Gasteiger charge is 2.20. The lowest BCUT2D eigenvalue weighted by atomic mass is 10.1. The van der Waals surface area contributed by atoms with Crippen LogP contribution >= 0.6 is 11.3 Å². The van der Waals surface area contributed by atoms with Gasteiger partial charge in [0.15, 0.2) is 0 Å². The molecule has 0 saturated heterocycles. The van der Waals surface area contributed by atoms with Crippen molar-refractivity contribution in [2.75, 3.05) is 6.61 Å². The molecule has 0 amide bonds. The highest BCUT2D eigenvalue weighted by Crippen LogP contribution is 2.10. The van der Waals surface area contributed by atoms with Crippen molar-refractivity contribution >= 4 is 17.3 Å². The Morgan fingerprint density at radius 1 is 1.50 bits per heavy atom. The van der Waals surface area contributed by atoms with Crippen molar-refractivity contribution in [1.82, 2.24) is 5.32 Å². The van der Waals surface area contributed by atoms with E-state index in [0.717, 1.165) is 19.3 Å². The van der Waals surface area contributed by atoms with E-state index in [0.29, 0.717) is 6.61 Å². The fourth-order valence-electron chi connectivity index (χ4n) is 1.97. The molecule has 18 heavy (non-hydrogen) atoms. The highest BCUT2D eigenvalue weighted by molar-refractivity contribution is 7.07. The molecule has 1 rings (SSSR count). The van der Waals surface area contributed by atoms with E-state index in [9.17, 15) is 4.79 Å². The van der Waals surface area contributed by atoms with Gasteiger partial charge < -0.3 is 10.1 Å². The zero-order chi connectivity index (χ0) is 13.4. The summed E-state index contributed by atoms with van der Waals surface area (Å²) in [4.78, 5) is 11.8. The summed E-state index contributed by atoms with van der Waals surface area (Å²) < 4.78 is 5.09. The minimum atomic E-state index is -0.177. The first-order valence-electron chi connectivity index (χ1n) is 6.61. The third-order valence-corrected chi connectivity index (χ3v) is 3.49. The molecule has 0 aromatic carbocycles. The predicted octanol–water partition coefficient (Wildman–Crippen LogP) is 3.00. The summed E-state index contributed by atoms with van der Waals surface area (Å²) in [5.41, 5.74) is 1.32. The molecule has 1 N–H and O–H groups in total. The Balaban J connectivity index is 2.46. The summed E-state index contributed by atoms with van der Waals surface area (Å²) in [6.07, 6.45) is 2.75. The first-order chi connectivity index (χ1) is 8.67. The van der Waals surface area contributed by atoms with Gasteiger partial charge in [0.25, 0.3) is 0 Å². The quantitative estimate of drug-likeness (QED) is 0.737. The number of ether oxygens (including phenoxy) is 1. The molecule has 0 fully saturated rings. The molecule has 0 spiro atoms. The maximum atomic E-state index is 11.8. The van der Waals surface area contributed by atoms with Crippen LogP contribution in [0.25, 0.3) is 0 Å². The second-order valence-corrected chi connectivity index (χ2v) is 5.28. The number of esters is 1. The van der Waals surface area contributed by atoms with Gasteiger partial charge in [-0.25, -0.2) is 0 Å². The van der Waals surface area contributed by atoms with E-state index in [2.05, 4.69) is 36.0 Å². The fraction of sp³-hybridized carbons (Fsp3) is 0.643. The third-order valence-electron chi connectivity index (χ3n) is 2.76. The maximum Gasteiger partial charge on any atom is 0.323 e. The molecule has 0 aliphatic rings. The molecule has 4 heteroatoms. The van der Waals surface area contributed by atoms with E-state index in [1.807, 2.05) is 6.92 Å². The second kappa shape index (κ2) is 8.27. The van der Waals surface area contributed by atoms with Crippen LogP contribution in [0.2, 0.25) is 0 Å². The van der Waals surface area contributed by atoms with Gasteiger partial charge in [-0.05, 0) is 49.1 Å². The number of hydrogen-bond donors (Lipinski definition) is 1. The van der Waals surface area contributed by atoms with E-state index in [4.69, 9.17) is 4.74 Å². The van der Waals surface area contributed by atoms with Crippen LogP contribution in [0.15, 0.2) is 16.8 Å². The topological polar surface area (TPSA) is 38.3 Å². The largest absolute Gasteiger partial charge is 0.465 e. The number of carbonyl (C=O) groups excluding carboxylic acids is 1. The minimum absolute atomic E-state index is 0.128. The molecular formula is C14H23NO2S. The summed E-state index contributed by atoms with van der Waals surface area (Å²) in [5, 5.41) is 7.60. The Kier molecular flexibility index (Phi) is 6.98. The summed E-state index contributed by atoms with van der Waals surface area (Å²) in [7, 11) is 0. The van der Waals surface area contributed by atoms with Crippen molar-refractivity contribution in [3.63, 3.8) is 0 Å². The second-order valence-electron chi connectivity index (χ2n) is 4.50. The van der Waals surface area contributed by atoms with Crippen LogP contribution in [-0.2, 0) is 16.0 Å². The molecule has 3 nitrogen and oxygen atoms in total. The predicted molar refractivity (Wildman–Crippen MR) is 75.9 cm³/mol. The molecule has 1 aromatic heterocycles. The SMILES string of the molecule is CCCC(NC(C)Cc1ccsc1)C(=O)OCC. The fourth-order valence-corrected chi connectivity index (χ4v) is 2.65. The number of nitrogens with one attached hydrogen (secondary N) is 1. The number of hydrogen-bond acceptors (Lipinski definition) is 4. The summed E-state index contributed by atoms with van der Waals surface area (Å²) in [6.45, 7) is 6.48. The Bertz CT molecular complexity index is 338. The lowest BCUT2D eigenvalue weighted by molar-refractivity contribution is -0.146. The zero-order valence-electron chi connectivity index (χ0n) is 11.4. The highest BCUT2D eigenvalue weighted by atomic mass is 32.1. The van der Waals surface area contributed by atoms with Crippen LogP contribution in [0.3, 0.4) is 0 Å². The van der Waals surface area contributed by atoms with Gasteiger partial charge in [-0.2, -0.15) is 11.3 Å². The van der Waals surface area contributed by atoms with Crippen LogP contribution in [0.5, 0.6) is 0 Å². The van der Waals surface area contributed by atoms with E-state index in [1.54, 1.807) is 11.3 Å². The van der Waals surface area contributed by atoms with Gasteiger partial charge in [-0.1, -0.05) is 13.3 Å². The van der Waals surface area contributed by atoms with Crippen molar-refractivity contribution in [2.24, 2.45) is 0 Å². The minimum Gasteiger partial charge on any atom is -0.465 e. The number of rotatable bonds is 8. The monoisotopic (exact) mass is 269 g/mol. The smallest absolute Gasteiger partial charge is 0.323 e. The van der Waals surface area contributed by atoms with Crippen LogP contribution in [0.4, 0.5) is 0 Å². The summed E-state index contributed by atoms with van der Waals surface area (Å²) >= 11 is 1.71. The molecule has 2 unspecified atom stereocenters. The van der Waals surface area contributed by atoms with Crippen LogP contribution in [-0.4, -0.2) is 24.7 Å². The van der Waals surface area contributed by atoms with Gasteiger partial charge in [-0.15, -0.1) is 0 Å². The Labute approximate surface area is 114 Å². The maximum absolute atomic E-state index is 11.8. The first kappa shape index (κ1) is 15.2. The van der Waals surface area contributed by atoms with E-state index in [1.165, 1.54) is 5.56 Å². The molecule has 102 valence electrons. The molecular weight excluding hydrogens is 246 g/mol. The Hall–Kier alpha value is -0.870. The van der Waals surface area contributed by atoms with Crippen molar-refractivity contribution < 1.29 is 9.53 Å². The van der Waals surface area contributed by atoms with Crippen LogP contribution in [0, 0.1) is 0 Å². The average Bonchev–Trinajstić information content (AvgIpc) is 2.81. The number of carbonyl (C=O) groups is 1. The van der Waals surface area contributed by atoms with Gasteiger partial charge in [0.2, 0.25) is 0 Å². The first-order valence-corrected chi connectivity index (χ1v) is 7.55. The lowest BCUT2D eigenvalue weighted by Gasteiger charge is -2.21.